The fraction of sp³-hybridized carbons (Fsp3) is 0.345. The van der Waals surface area contributed by atoms with Crippen molar-refractivity contribution in [2.24, 2.45) is 17.0 Å². The fourth-order valence-corrected chi connectivity index (χ4v) is 6.67. The van der Waals surface area contributed by atoms with E-state index in [4.69, 9.17) is 10.2 Å². The van der Waals surface area contributed by atoms with Crippen LogP contribution in [-0.2, 0) is 33.6 Å². The Bertz CT molecular complexity index is 1750. The number of carbonyl (C=O) groups is 1. The van der Waals surface area contributed by atoms with Gasteiger partial charge in [-0.3, -0.25) is 0 Å². The first-order chi connectivity index (χ1) is 20.4. The van der Waals surface area contributed by atoms with Crippen LogP contribution in [0.5, 0.6) is 0 Å². The van der Waals surface area contributed by atoms with Gasteiger partial charge in [-0.05, 0) is 67.3 Å². The molecule has 9 nitrogen and oxygen atoms in total. The van der Waals surface area contributed by atoms with E-state index in [0.29, 0.717) is 40.4 Å². The zero-order valence-electron chi connectivity index (χ0n) is 23.0. The fourth-order valence-electron chi connectivity index (χ4n) is 5.40. The second kappa shape index (κ2) is 11.8. The number of carboxylic acid groups (broad SMARTS) is 1. The average Bonchev–Trinajstić information content (AvgIpc) is 3.87. The van der Waals surface area contributed by atoms with Gasteiger partial charge in [-0.25, -0.2) is 18.9 Å². The first-order valence-corrected chi connectivity index (χ1v) is 15.8. The highest BCUT2D eigenvalue weighted by Crippen LogP contribution is 2.54. The molecule has 6 rings (SSSR count). The lowest BCUT2D eigenvalue weighted by atomic mass is 9.86. The third-order valence-electron chi connectivity index (χ3n) is 7.97. The molecule has 0 radical (unpaired) electrons. The van der Waals surface area contributed by atoms with Gasteiger partial charge in [0.1, 0.15) is 0 Å². The summed E-state index contributed by atoms with van der Waals surface area (Å²) in [5.74, 6) is -2.60. The third kappa shape index (κ3) is 5.94. The largest absolute Gasteiger partial charge is 0.870 e. The third-order valence-corrected chi connectivity index (χ3v) is 9.62. The minimum absolute atomic E-state index is 0. The van der Waals surface area contributed by atoms with E-state index in [1.54, 1.807) is 12.1 Å². The molecule has 2 atom stereocenters. The zero-order chi connectivity index (χ0) is 30.7. The van der Waals surface area contributed by atoms with Crippen molar-refractivity contribution in [3.05, 3.63) is 81.7 Å². The van der Waals surface area contributed by atoms with Crippen molar-refractivity contribution in [2.75, 3.05) is 0 Å². The molecule has 2 aliphatic carbocycles. The Morgan fingerprint density at radius 3 is 2.43 bits per heavy atom. The molecule has 0 amide bonds. The summed E-state index contributed by atoms with van der Waals surface area (Å²) in [6, 6.07) is 9.71. The van der Waals surface area contributed by atoms with Crippen LogP contribution < -0.4 is 5.14 Å². The number of hydrogen-bond donors (Lipinski definition) is 3. The lowest BCUT2D eigenvalue weighted by molar-refractivity contribution is -0.275. The van der Waals surface area contributed by atoms with Crippen LogP contribution in [0.3, 0.4) is 0 Å². The molecule has 2 aromatic heterocycles. The van der Waals surface area contributed by atoms with E-state index in [1.807, 2.05) is 0 Å². The minimum atomic E-state index is -4.90. The number of halogens is 4. The molecule has 0 bridgehead atoms. The van der Waals surface area contributed by atoms with E-state index in [2.05, 4.69) is 4.98 Å². The molecule has 2 aliphatic rings. The summed E-state index contributed by atoms with van der Waals surface area (Å²) in [4.78, 5) is 15.7. The molecule has 0 aliphatic heterocycles. The van der Waals surface area contributed by atoms with E-state index < -0.39 is 40.5 Å². The number of alkyl halides is 3. The average molecular weight is 653 g/mol. The number of aromatic carboxylic acids is 1. The first kappa shape index (κ1) is 31.9. The van der Waals surface area contributed by atoms with Gasteiger partial charge in [-0.2, -0.15) is 18.3 Å². The first-order valence-electron chi connectivity index (χ1n) is 13.6. The van der Waals surface area contributed by atoms with Gasteiger partial charge in [0.05, 0.1) is 11.4 Å². The van der Waals surface area contributed by atoms with E-state index in [9.17, 15) is 36.8 Å². The van der Waals surface area contributed by atoms with Crippen LogP contribution in [0, 0.1) is 17.7 Å². The molecule has 2 aromatic carbocycles. The molecule has 44 heavy (non-hydrogen) atoms. The molecular formula is C29H28F4N4O5S2. The standard InChI is InChI=1S/C29H26F4N4O4S2.H2O/c30-21-11-16(6-9-24(21)43(34)41)10-20-23(12-15-4-5-15)37(27-35-22(14-42-27)26(38)39)36-25(20)17-2-1-3-19(13-17)28(40,18-7-8-18)29(31,32)33;/h1-3,6,9,11,13-15,18,40H,4-5,7-8,10,12H2,(H2,34,41)(H,38,39);1H2. The predicted octanol–water partition coefficient (Wildman–Crippen LogP) is 5.29. The molecule has 0 spiro atoms. The summed E-state index contributed by atoms with van der Waals surface area (Å²) in [5.41, 5.74) is -1.11. The maximum Gasteiger partial charge on any atom is 0.421 e. The van der Waals surface area contributed by atoms with Gasteiger partial charge in [0.15, 0.2) is 28.1 Å². The minimum Gasteiger partial charge on any atom is -0.870 e. The molecule has 0 saturated heterocycles. The highest BCUT2D eigenvalue weighted by molar-refractivity contribution is 7.82. The number of nitrogens with zero attached hydrogens (tertiary/aromatic N) is 3. The number of rotatable bonds is 10. The van der Waals surface area contributed by atoms with E-state index in [0.717, 1.165) is 24.2 Å². The summed E-state index contributed by atoms with van der Waals surface area (Å²) in [6.07, 6.45) is -1.84. The molecule has 15 heteroatoms. The van der Waals surface area contributed by atoms with Crippen molar-refractivity contribution in [1.29, 1.82) is 0 Å². The summed E-state index contributed by atoms with van der Waals surface area (Å²) in [6.45, 7) is 0. The summed E-state index contributed by atoms with van der Waals surface area (Å²) in [5, 5.41) is 32.2. The number of carboxylic acids is 1. The Morgan fingerprint density at radius 1 is 1.14 bits per heavy atom. The summed E-state index contributed by atoms with van der Waals surface area (Å²) in [7, 11) is -2.41. The van der Waals surface area contributed by atoms with Crippen LogP contribution in [0.15, 0.2) is 52.7 Å². The Kier molecular flexibility index (Phi) is 8.54. The van der Waals surface area contributed by atoms with Gasteiger partial charge in [-0.1, -0.05) is 28.5 Å². The molecule has 2 unspecified atom stereocenters. The van der Waals surface area contributed by atoms with Crippen LogP contribution in [0.4, 0.5) is 17.6 Å². The van der Waals surface area contributed by atoms with Crippen LogP contribution >= 0.6 is 11.3 Å². The van der Waals surface area contributed by atoms with Gasteiger partial charge in [0.25, 0.3) is 0 Å². The van der Waals surface area contributed by atoms with Crippen molar-refractivity contribution < 1.29 is 42.3 Å². The Morgan fingerprint density at radius 2 is 1.86 bits per heavy atom. The Hall–Kier alpha value is -3.50. The van der Waals surface area contributed by atoms with Crippen LogP contribution in [0.25, 0.3) is 16.4 Å². The smallest absolute Gasteiger partial charge is 0.421 e. The van der Waals surface area contributed by atoms with Crippen LogP contribution in [0.2, 0.25) is 0 Å². The van der Waals surface area contributed by atoms with Gasteiger partial charge in [-0.15, -0.1) is 16.5 Å². The maximum absolute atomic E-state index is 14.8. The second-order valence-corrected chi connectivity index (χ2v) is 13.0. The van der Waals surface area contributed by atoms with Gasteiger partial charge >= 0.3 is 12.1 Å². The van der Waals surface area contributed by atoms with Gasteiger partial charge in [0, 0.05) is 28.8 Å². The van der Waals surface area contributed by atoms with E-state index in [1.165, 1.54) is 40.4 Å². The Balaban J connectivity index is 0.00000384. The van der Waals surface area contributed by atoms with E-state index in [-0.39, 0.29) is 46.0 Å². The Labute approximate surface area is 255 Å². The van der Waals surface area contributed by atoms with E-state index >= 15 is 0 Å². The molecular weight excluding hydrogens is 624 g/mol. The van der Waals surface area contributed by atoms with Crippen molar-refractivity contribution in [3.63, 3.8) is 0 Å². The van der Waals surface area contributed by atoms with Crippen LogP contribution in [-0.4, -0.2) is 42.6 Å². The summed E-state index contributed by atoms with van der Waals surface area (Å²) < 4.78 is 70.7. The molecule has 5 N–H and O–H groups in total. The number of hydrogen-bond acceptors (Lipinski definition) is 7. The topological polar surface area (TPSA) is 161 Å². The van der Waals surface area contributed by atoms with Crippen molar-refractivity contribution in [2.45, 2.75) is 55.2 Å². The maximum atomic E-state index is 14.8. The lowest BCUT2D eigenvalue weighted by Crippen LogP contribution is -2.44. The van der Waals surface area contributed by atoms with Crippen LogP contribution in [0.1, 0.15) is 58.6 Å². The van der Waals surface area contributed by atoms with Crippen molar-refractivity contribution in [3.8, 4) is 16.4 Å². The molecule has 4 aromatic rings. The number of thiazole rings is 1. The SMILES string of the molecule is N[SH+](=O)c1ccc(Cc2c(-c3cccc(C(O)(C4CC4)C(F)(F)F)c3)nn(-c3nc(C(=O)O)cs3)c2CC2CC2)cc1F.[OH-]. The number of benzene rings is 2. The van der Waals surface area contributed by atoms with Crippen molar-refractivity contribution >= 4 is 28.3 Å². The molecule has 2 fully saturated rings. The second-order valence-electron chi connectivity index (χ2n) is 11.1. The quantitative estimate of drug-likeness (QED) is 0.119. The number of aromatic nitrogens is 3. The number of nitrogens with two attached hydrogens (primary N) is 1. The molecule has 2 saturated carbocycles. The van der Waals surface area contributed by atoms with Gasteiger partial charge in [0.2, 0.25) is 10.0 Å². The highest BCUT2D eigenvalue weighted by Gasteiger charge is 2.62. The number of thiol groups is 1. The lowest BCUT2D eigenvalue weighted by Gasteiger charge is -2.31. The number of aliphatic hydroxyl groups is 1. The molecule has 2 heterocycles. The predicted molar refractivity (Wildman–Crippen MR) is 154 cm³/mol. The monoisotopic (exact) mass is 652 g/mol. The molecule has 234 valence electrons. The zero-order valence-corrected chi connectivity index (χ0v) is 24.7. The van der Waals surface area contributed by atoms with Crippen molar-refractivity contribution in [1.82, 2.24) is 14.8 Å². The highest BCUT2D eigenvalue weighted by atomic mass is 32.2. The normalized spacial score (nSPS) is 17.1. The van der Waals surface area contributed by atoms with Gasteiger partial charge < -0.3 is 15.7 Å². The summed E-state index contributed by atoms with van der Waals surface area (Å²) >= 11 is 1.06.